The topological polar surface area (TPSA) is 15.3 Å². The van der Waals surface area contributed by atoms with E-state index in [1.807, 2.05) is 0 Å². The minimum Gasteiger partial charge on any atom is -0.355 e. The fourth-order valence-corrected chi connectivity index (χ4v) is 10.2. The van der Waals surface area contributed by atoms with Gasteiger partial charge >= 0.3 is 0 Å². The number of hydrogen-bond donors (Lipinski definition) is 1. The zero-order valence-electron chi connectivity index (χ0n) is 31.7. The van der Waals surface area contributed by atoms with Crippen molar-refractivity contribution in [3.8, 4) is 22.3 Å². The van der Waals surface area contributed by atoms with Gasteiger partial charge in [0.2, 0.25) is 0 Å². The minimum absolute atomic E-state index is 0.00129. The van der Waals surface area contributed by atoms with Gasteiger partial charge in [0.15, 0.2) is 7.28 Å². The number of rotatable bonds is 4. The van der Waals surface area contributed by atoms with Gasteiger partial charge in [0.05, 0.1) is 5.54 Å². The largest absolute Gasteiger partial charge is 0.355 e. The molecule has 2 atom stereocenters. The summed E-state index contributed by atoms with van der Waals surface area (Å²) in [5.41, 5.74) is 16.3. The van der Waals surface area contributed by atoms with E-state index in [0.29, 0.717) is 0 Å². The number of hydrogen-bond acceptors (Lipinski definition) is 2. The van der Waals surface area contributed by atoms with Crippen molar-refractivity contribution in [2.24, 2.45) is 0 Å². The van der Waals surface area contributed by atoms with Gasteiger partial charge in [-0.1, -0.05) is 149 Å². The van der Waals surface area contributed by atoms with Crippen LogP contribution in [0.3, 0.4) is 0 Å². The third-order valence-electron chi connectivity index (χ3n) is 13.3. The van der Waals surface area contributed by atoms with Crippen molar-refractivity contribution >= 4 is 62.5 Å². The van der Waals surface area contributed by atoms with E-state index in [1.165, 1.54) is 97.3 Å². The quantitative estimate of drug-likeness (QED) is 0.185. The molecule has 1 N–H and O–H groups in total. The van der Waals surface area contributed by atoms with Crippen LogP contribution in [0.1, 0.15) is 71.4 Å². The van der Waals surface area contributed by atoms with Crippen LogP contribution in [0, 0.1) is 0 Å². The molecule has 0 saturated heterocycles. The fourth-order valence-electron chi connectivity index (χ4n) is 10.2. The molecule has 2 heterocycles. The van der Waals surface area contributed by atoms with Crippen molar-refractivity contribution in [3.05, 3.63) is 145 Å². The first-order chi connectivity index (χ1) is 25.6. The molecule has 0 amide bonds. The SMILES string of the molecule is CC(C)(C)c1cc2c3c(c1)C1(C)CCCCC1(C)N3c1cc3ccccc3c(-c3cc4ccccc4cc3Nc3ccc(-c4ccccc4)cc3)c1B2. The Bertz CT molecular complexity index is 2580. The van der Waals surface area contributed by atoms with Crippen LogP contribution in [-0.2, 0) is 10.8 Å². The first-order valence-electron chi connectivity index (χ1n) is 19.6. The highest BCUT2D eigenvalue weighted by atomic mass is 15.3. The second kappa shape index (κ2) is 11.6. The molecule has 2 unspecified atom stereocenters. The van der Waals surface area contributed by atoms with E-state index in [4.69, 9.17) is 0 Å². The number of nitrogens with one attached hydrogen (secondary N) is 1. The maximum absolute atomic E-state index is 3.94. The van der Waals surface area contributed by atoms with Gasteiger partial charge in [-0.25, -0.2) is 0 Å². The second-order valence-electron chi connectivity index (χ2n) is 17.4. The smallest absolute Gasteiger partial charge is 0.198 e. The van der Waals surface area contributed by atoms with E-state index in [9.17, 15) is 0 Å². The van der Waals surface area contributed by atoms with Gasteiger partial charge in [-0.05, 0) is 110 Å². The van der Waals surface area contributed by atoms with Crippen LogP contribution in [0.2, 0.25) is 0 Å². The van der Waals surface area contributed by atoms with Crippen molar-refractivity contribution in [3.63, 3.8) is 0 Å². The summed E-state index contributed by atoms with van der Waals surface area (Å²) in [5, 5.41) is 9.06. The van der Waals surface area contributed by atoms with Crippen molar-refractivity contribution in [1.82, 2.24) is 0 Å². The molecule has 0 aromatic heterocycles. The normalized spacial score (nSPS) is 20.1. The van der Waals surface area contributed by atoms with Crippen LogP contribution in [0.4, 0.5) is 22.7 Å². The Morgan fingerprint density at radius 3 is 2.08 bits per heavy atom. The highest BCUT2D eigenvalue weighted by Crippen LogP contribution is 2.61. The molecule has 3 aliphatic rings. The van der Waals surface area contributed by atoms with Gasteiger partial charge in [0.1, 0.15) is 0 Å². The molecule has 0 bridgehead atoms. The second-order valence-corrected chi connectivity index (χ2v) is 17.4. The van der Waals surface area contributed by atoms with Crippen molar-refractivity contribution in [1.29, 1.82) is 0 Å². The van der Waals surface area contributed by atoms with E-state index in [0.717, 1.165) is 18.7 Å². The van der Waals surface area contributed by atoms with E-state index < -0.39 is 0 Å². The molecule has 0 radical (unpaired) electrons. The third-order valence-corrected chi connectivity index (χ3v) is 13.3. The molecule has 10 rings (SSSR count). The molecule has 7 aromatic carbocycles. The predicted octanol–water partition coefficient (Wildman–Crippen LogP) is 11.8. The Balaban J connectivity index is 1.22. The van der Waals surface area contributed by atoms with Gasteiger partial charge in [0.25, 0.3) is 0 Å². The molecular formula is C50H47BN2. The lowest BCUT2D eigenvalue weighted by molar-refractivity contribution is 0.195. The van der Waals surface area contributed by atoms with Gasteiger partial charge in [-0.3, -0.25) is 0 Å². The maximum Gasteiger partial charge on any atom is 0.198 e. The van der Waals surface area contributed by atoms with Gasteiger partial charge < -0.3 is 10.2 Å². The highest BCUT2D eigenvalue weighted by molar-refractivity contribution is 6.74. The number of fused-ring (bicyclic) bond motifs is 7. The Morgan fingerprint density at radius 2 is 1.32 bits per heavy atom. The van der Waals surface area contributed by atoms with E-state index in [-0.39, 0.29) is 16.4 Å². The monoisotopic (exact) mass is 686 g/mol. The molecule has 0 spiro atoms. The van der Waals surface area contributed by atoms with Crippen LogP contribution in [0.25, 0.3) is 43.8 Å². The number of anilines is 4. The van der Waals surface area contributed by atoms with E-state index in [1.54, 1.807) is 5.56 Å². The van der Waals surface area contributed by atoms with Crippen LogP contribution in [-0.4, -0.2) is 12.8 Å². The third kappa shape index (κ3) is 4.86. The summed E-state index contributed by atoms with van der Waals surface area (Å²) in [6.45, 7) is 12.3. The van der Waals surface area contributed by atoms with Gasteiger partial charge in [0, 0.05) is 33.7 Å². The molecule has 3 heteroatoms. The lowest BCUT2D eigenvalue weighted by Crippen LogP contribution is -2.57. The molecule has 53 heavy (non-hydrogen) atoms. The Kier molecular flexibility index (Phi) is 7.09. The number of benzene rings is 7. The Hall–Kier alpha value is -5.28. The standard InChI is InChI=1S/C50H47BN2/c1-48(2,3)37-30-41-47-42(31-37)51-46-44(53(47)50(5)26-14-13-25-49(41,50)4)29-36-19-11-12-20-39(36)45(46)40-27-34-17-9-10-18-35(34)28-43(40)52-38-23-21-33(22-24-38)32-15-7-6-8-16-32/h6-12,15-24,27-31,51-52H,13-14,25-26H2,1-5H3. The lowest BCUT2D eigenvalue weighted by Gasteiger charge is -2.51. The van der Waals surface area contributed by atoms with E-state index >= 15 is 0 Å². The van der Waals surface area contributed by atoms with Crippen LogP contribution < -0.4 is 21.1 Å². The number of nitrogens with zero attached hydrogens (tertiary/aromatic N) is 1. The first-order valence-corrected chi connectivity index (χ1v) is 19.6. The molecule has 7 aromatic rings. The minimum atomic E-state index is -0.00129. The molecule has 1 fully saturated rings. The summed E-state index contributed by atoms with van der Waals surface area (Å²) in [6, 6.07) is 50.0. The van der Waals surface area contributed by atoms with Gasteiger partial charge in [-0.2, -0.15) is 0 Å². The van der Waals surface area contributed by atoms with Crippen LogP contribution in [0.5, 0.6) is 0 Å². The van der Waals surface area contributed by atoms with Crippen molar-refractivity contribution in [2.45, 2.75) is 76.7 Å². The van der Waals surface area contributed by atoms with Crippen LogP contribution in [0.15, 0.2) is 133 Å². The Labute approximate surface area is 315 Å². The van der Waals surface area contributed by atoms with Crippen LogP contribution >= 0.6 is 0 Å². The molecule has 1 aliphatic carbocycles. The zero-order valence-corrected chi connectivity index (χ0v) is 31.7. The Morgan fingerprint density at radius 1 is 0.660 bits per heavy atom. The maximum atomic E-state index is 3.94. The summed E-state index contributed by atoms with van der Waals surface area (Å²) < 4.78 is 0. The molecule has 1 saturated carbocycles. The molecular weight excluding hydrogens is 639 g/mol. The average Bonchev–Trinajstić information content (AvgIpc) is 3.38. The average molecular weight is 687 g/mol. The summed E-state index contributed by atoms with van der Waals surface area (Å²) in [6.07, 6.45) is 5.00. The first kappa shape index (κ1) is 32.4. The van der Waals surface area contributed by atoms with E-state index in [2.05, 4.69) is 178 Å². The molecule has 2 nitrogen and oxygen atoms in total. The highest BCUT2D eigenvalue weighted by Gasteiger charge is 2.59. The lowest BCUT2D eigenvalue weighted by atomic mass is 9.56. The van der Waals surface area contributed by atoms with Crippen molar-refractivity contribution < 1.29 is 0 Å². The van der Waals surface area contributed by atoms with Crippen molar-refractivity contribution in [2.75, 3.05) is 10.2 Å². The summed E-state index contributed by atoms with van der Waals surface area (Å²) in [7, 11) is 0.919. The fraction of sp³-hybridized carbons (Fsp3) is 0.240. The predicted molar refractivity (Wildman–Crippen MR) is 230 cm³/mol. The summed E-state index contributed by atoms with van der Waals surface area (Å²) >= 11 is 0. The molecule has 2 aliphatic heterocycles. The summed E-state index contributed by atoms with van der Waals surface area (Å²) in [5.74, 6) is 0. The molecule has 260 valence electrons. The zero-order chi connectivity index (χ0) is 36.1. The van der Waals surface area contributed by atoms with Gasteiger partial charge in [-0.15, -0.1) is 0 Å². The summed E-state index contributed by atoms with van der Waals surface area (Å²) in [4.78, 5) is 2.84.